The van der Waals surface area contributed by atoms with Crippen LogP contribution in [0.25, 0.3) is 0 Å². The smallest absolute Gasteiger partial charge is 0.254 e. The van der Waals surface area contributed by atoms with Gasteiger partial charge >= 0.3 is 0 Å². The predicted molar refractivity (Wildman–Crippen MR) is 90.7 cm³/mol. The third kappa shape index (κ3) is 3.76. The van der Waals surface area contributed by atoms with Crippen LogP contribution in [-0.4, -0.2) is 28.3 Å². The van der Waals surface area contributed by atoms with Crippen molar-refractivity contribution in [2.45, 2.75) is 17.9 Å². The molecule has 2 rings (SSSR count). The molecule has 2 aromatic carbocycles. The number of halogens is 1. The molecule has 0 bridgehead atoms. The van der Waals surface area contributed by atoms with E-state index in [2.05, 4.69) is 0 Å². The molecule has 5 heteroatoms. The fourth-order valence-electron chi connectivity index (χ4n) is 2.16. The monoisotopic (exact) mass is 335 g/mol. The SMILES string of the molecule is C[C@@H](c1cccc(Cl)c1)N(C)C(=O)c1ccc([S@](C)=O)cc1. The number of hydrogen-bond donors (Lipinski definition) is 0. The second-order valence-electron chi connectivity index (χ2n) is 5.13. The Morgan fingerprint density at radius 2 is 1.82 bits per heavy atom. The zero-order valence-electron chi connectivity index (χ0n) is 12.7. The molecule has 2 aromatic rings. The van der Waals surface area contributed by atoms with Crippen molar-refractivity contribution in [3.63, 3.8) is 0 Å². The third-order valence-electron chi connectivity index (χ3n) is 3.67. The van der Waals surface area contributed by atoms with Crippen molar-refractivity contribution in [2.24, 2.45) is 0 Å². The lowest BCUT2D eigenvalue weighted by molar-refractivity contribution is 0.0742. The summed E-state index contributed by atoms with van der Waals surface area (Å²) in [5, 5.41) is 0.653. The highest BCUT2D eigenvalue weighted by atomic mass is 35.5. The fourth-order valence-corrected chi connectivity index (χ4v) is 2.88. The Kier molecular flexibility index (Phi) is 5.37. The van der Waals surface area contributed by atoms with Crippen molar-refractivity contribution in [1.29, 1.82) is 0 Å². The van der Waals surface area contributed by atoms with Gasteiger partial charge in [-0.2, -0.15) is 0 Å². The van der Waals surface area contributed by atoms with Gasteiger partial charge < -0.3 is 4.90 Å². The summed E-state index contributed by atoms with van der Waals surface area (Å²) in [5.41, 5.74) is 1.56. The van der Waals surface area contributed by atoms with E-state index in [9.17, 15) is 9.00 Å². The first kappa shape index (κ1) is 16.7. The Labute approximate surface area is 138 Å². The highest BCUT2D eigenvalue weighted by Crippen LogP contribution is 2.23. The second-order valence-corrected chi connectivity index (χ2v) is 6.94. The molecule has 116 valence electrons. The molecular formula is C17H18ClNO2S. The first-order valence-electron chi connectivity index (χ1n) is 6.86. The molecule has 0 fully saturated rings. The lowest BCUT2D eigenvalue weighted by Gasteiger charge is -2.25. The van der Waals surface area contributed by atoms with E-state index in [0.717, 1.165) is 5.56 Å². The average molecular weight is 336 g/mol. The van der Waals surface area contributed by atoms with Crippen molar-refractivity contribution in [1.82, 2.24) is 4.90 Å². The maximum atomic E-state index is 12.5. The molecule has 0 aliphatic rings. The van der Waals surface area contributed by atoms with Crippen molar-refractivity contribution in [3.05, 3.63) is 64.7 Å². The number of benzene rings is 2. The summed E-state index contributed by atoms with van der Waals surface area (Å²) >= 11 is 6.00. The molecule has 0 heterocycles. The Bertz CT molecular complexity index is 700. The molecule has 0 aliphatic heterocycles. The van der Waals surface area contributed by atoms with Crippen LogP contribution >= 0.6 is 11.6 Å². The molecule has 0 N–H and O–H groups in total. The lowest BCUT2D eigenvalue weighted by Crippen LogP contribution is -2.29. The highest BCUT2D eigenvalue weighted by molar-refractivity contribution is 7.84. The Morgan fingerprint density at radius 1 is 1.18 bits per heavy atom. The minimum absolute atomic E-state index is 0.0825. The van der Waals surface area contributed by atoms with E-state index in [4.69, 9.17) is 11.6 Å². The van der Waals surface area contributed by atoms with Crippen LogP contribution in [0.15, 0.2) is 53.4 Å². The summed E-state index contributed by atoms with van der Waals surface area (Å²) in [6.07, 6.45) is 1.62. The Morgan fingerprint density at radius 3 is 2.36 bits per heavy atom. The molecule has 0 saturated heterocycles. The minimum Gasteiger partial charge on any atom is -0.335 e. The average Bonchev–Trinajstić information content (AvgIpc) is 2.52. The summed E-state index contributed by atoms with van der Waals surface area (Å²) in [5.74, 6) is -0.0825. The first-order chi connectivity index (χ1) is 10.4. The van der Waals surface area contributed by atoms with E-state index in [1.165, 1.54) is 0 Å². The van der Waals surface area contributed by atoms with Crippen molar-refractivity contribution in [2.75, 3.05) is 13.3 Å². The van der Waals surface area contributed by atoms with Gasteiger partial charge in [0, 0.05) is 39.6 Å². The summed E-state index contributed by atoms with van der Waals surface area (Å²) in [6, 6.07) is 14.3. The van der Waals surface area contributed by atoms with Crippen LogP contribution in [0.2, 0.25) is 5.02 Å². The maximum Gasteiger partial charge on any atom is 0.254 e. The van der Waals surface area contributed by atoms with Gasteiger partial charge in [-0.25, -0.2) is 0 Å². The number of amides is 1. The lowest BCUT2D eigenvalue weighted by atomic mass is 10.1. The first-order valence-corrected chi connectivity index (χ1v) is 8.80. The van der Waals surface area contributed by atoms with E-state index < -0.39 is 10.8 Å². The van der Waals surface area contributed by atoms with E-state index in [0.29, 0.717) is 15.5 Å². The Hall–Kier alpha value is -1.65. The van der Waals surface area contributed by atoms with Gasteiger partial charge in [-0.1, -0.05) is 23.7 Å². The van der Waals surface area contributed by atoms with E-state index in [-0.39, 0.29) is 11.9 Å². The van der Waals surface area contributed by atoms with Crippen LogP contribution < -0.4 is 0 Å². The van der Waals surface area contributed by atoms with Gasteiger partial charge in [-0.05, 0) is 48.9 Å². The Balaban J connectivity index is 2.19. The van der Waals surface area contributed by atoms with Gasteiger partial charge in [0.2, 0.25) is 0 Å². The molecule has 0 spiro atoms. The molecule has 22 heavy (non-hydrogen) atoms. The fraction of sp³-hybridized carbons (Fsp3) is 0.235. The molecule has 2 atom stereocenters. The number of carbonyl (C=O) groups excluding carboxylic acids is 1. The second kappa shape index (κ2) is 7.07. The predicted octanol–water partition coefficient (Wildman–Crippen LogP) is 3.91. The molecular weight excluding hydrogens is 318 g/mol. The molecule has 0 saturated carbocycles. The summed E-state index contributed by atoms with van der Waals surface area (Å²) < 4.78 is 11.4. The molecule has 0 aromatic heterocycles. The van der Waals surface area contributed by atoms with Crippen molar-refractivity contribution in [3.8, 4) is 0 Å². The largest absolute Gasteiger partial charge is 0.335 e. The van der Waals surface area contributed by atoms with Crippen LogP contribution in [0.3, 0.4) is 0 Å². The standard InChI is InChI=1S/C17H18ClNO2S/c1-12(14-5-4-6-15(18)11-14)19(2)17(20)13-7-9-16(10-8-13)22(3)21/h4-12H,1-3H3/t12-,22-/m0/s1. The van der Waals surface area contributed by atoms with Crippen molar-refractivity contribution >= 4 is 28.3 Å². The topological polar surface area (TPSA) is 37.4 Å². The van der Waals surface area contributed by atoms with Crippen LogP contribution in [-0.2, 0) is 10.8 Å². The van der Waals surface area contributed by atoms with E-state index >= 15 is 0 Å². The van der Waals surface area contributed by atoms with Gasteiger partial charge in [-0.15, -0.1) is 0 Å². The molecule has 3 nitrogen and oxygen atoms in total. The summed E-state index contributed by atoms with van der Waals surface area (Å²) in [7, 11) is 0.722. The minimum atomic E-state index is -1.04. The number of rotatable bonds is 4. The van der Waals surface area contributed by atoms with Crippen LogP contribution in [0.4, 0.5) is 0 Å². The van der Waals surface area contributed by atoms with Crippen LogP contribution in [0.1, 0.15) is 28.9 Å². The summed E-state index contributed by atoms with van der Waals surface area (Å²) in [6.45, 7) is 1.96. The van der Waals surface area contributed by atoms with E-state index in [1.807, 2.05) is 31.2 Å². The van der Waals surface area contributed by atoms with Gasteiger partial charge in [0.25, 0.3) is 5.91 Å². The maximum absolute atomic E-state index is 12.5. The molecule has 1 amide bonds. The highest BCUT2D eigenvalue weighted by Gasteiger charge is 2.19. The number of carbonyl (C=O) groups is 1. The van der Waals surface area contributed by atoms with Crippen LogP contribution in [0.5, 0.6) is 0 Å². The van der Waals surface area contributed by atoms with E-state index in [1.54, 1.807) is 42.5 Å². The number of nitrogens with zero attached hydrogens (tertiary/aromatic N) is 1. The molecule has 0 aliphatic carbocycles. The van der Waals surface area contributed by atoms with Gasteiger partial charge in [0.1, 0.15) is 0 Å². The van der Waals surface area contributed by atoms with Gasteiger partial charge in [0.15, 0.2) is 0 Å². The van der Waals surface area contributed by atoms with Crippen LogP contribution in [0, 0.1) is 0 Å². The normalized spacial score (nSPS) is 13.5. The van der Waals surface area contributed by atoms with Gasteiger partial charge in [-0.3, -0.25) is 9.00 Å². The van der Waals surface area contributed by atoms with Gasteiger partial charge in [0.05, 0.1) is 6.04 Å². The summed E-state index contributed by atoms with van der Waals surface area (Å²) in [4.78, 5) is 14.9. The molecule has 0 unspecified atom stereocenters. The third-order valence-corrected chi connectivity index (χ3v) is 4.84. The zero-order valence-corrected chi connectivity index (χ0v) is 14.3. The molecule has 0 radical (unpaired) electrons. The quantitative estimate of drug-likeness (QED) is 0.849. The van der Waals surface area contributed by atoms with Crippen molar-refractivity contribution < 1.29 is 9.00 Å². The zero-order chi connectivity index (χ0) is 16.3. The number of hydrogen-bond acceptors (Lipinski definition) is 2.